The number of hydrogen-bond donors (Lipinski definition) is 2. The van der Waals surface area contributed by atoms with E-state index in [1.54, 1.807) is 0 Å². The van der Waals surface area contributed by atoms with Gasteiger partial charge in [0.25, 0.3) is 0 Å². The molecule has 0 spiro atoms. The third-order valence-electron chi connectivity index (χ3n) is 6.34. The summed E-state index contributed by atoms with van der Waals surface area (Å²) in [7, 11) is 0. The summed E-state index contributed by atoms with van der Waals surface area (Å²) in [6.07, 6.45) is 10.9. The lowest BCUT2D eigenvalue weighted by Crippen LogP contribution is -2.60. The Balaban J connectivity index is 1.55. The number of aliphatic hydroxyl groups is 1. The van der Waals surface area contributed by atoms with E-state index >= 15 is 0 Å². The highest BCUT2D eigenvalue weighted by Gasteiger charge is 2.40. The first kappa shape index (κ1) is 18.2. The minimum atomic E-state index is -0.768. The summed E-state index contributed by atoms with van der Waals surface area (Å²) >= 11 is 0. The summed E-state index contributed by atoms with van der Waals surface area (Å²) in [5, 5.41) is 13.8. The highest BCUT2D eigenvalue weighted by atomic mass is 16.5. The van der Waals surface area contributed by atoms with E-state index < -0.39 is 5.60 Å². The van der Waals surface area contributed by atoms with Crippen LogP contribution in [0.4, 0.5) is 0 Å². The van der Waals surface area contributed by atoms with E-state index in [2.05, 4.69) is 10.2 Å². The topological polar surface area (TPSA) is 61.8 Å². The predicted octanol–water partition coefficient (Wildman–Crippen LogP) is 2.22. The highest BCUT2D eigenvalue weighted by Crippen LogP contribution is 2.32. The van der Waals surface area contributed by atoms with Crippen LogP contribution in [0.25, 0.3) is 0 Å². The fourth-order valence-corrected chi connectivity index (χ4v) is 4.74. The van der Waals surface area contributed by atoms with E-state index in [4.69, 9.17) is 4.74 Å². The number of hydrogen-bond acceptors (Lipinski definition) is 4. The van der Waals surface area contributed by atoms with Crippen LogP contribution in [0.2, 0.25) is 0 Å². The molecule has 3 rings (SSSR count). The highest BCUT2D eigenvalue weighted by molar-refractivity contribution is 5.77. The molecule has 5 heteroatoms. The number of rotatable bonds is 5. The molecule has 5 nitrogen and oxygen atoms in total. The third kappa shape index (κ3) is 4.50. The molecule has 3 fully saturated rings. The van der Waals surface area contributed by atoms with Crippen LogP contribution in [-0.2, 0) is 9.53 Å². The number of carbonyl (C=O) groups excluding carboxylic acids is 1. The van der Waals surface area contributed by atoms with Crippen LogP contribution in [0.5, 0.6) is 0 Å². The van der Waals surface area contributed by atoms with Crippen molar-refractivity contribution in [2.45, 2.75) is 81.8 Å². The van der Waals surface area contributed by atoms with Crippen molar-refractivity contribution < 1.29 is 14.6 Å². The van der Waals surface area contributed by atoms with Crippen molar-refractivity contribution in [2.75, 3.05) is 32.8 Å². The number of nitrogens with one attached hydrogen (secondary N) is 1. The van der Waals surface area contributed by atoms with E-state index in [-0.39, 0.29) is 17.9 Å². The van der Waals surface area contributed by atoms with Crippen molar-refractivity contribution in [3.63, 3.8) is 0 Å². The maximum Gasteiger partial charge on any atom is 0.222 e. The molecule has 0 radical (unpaired) electrons. The van der Waals surface area contributed by atoms with Gasteiger partial charge in [-0.2, -0.15) is 0 Å². The smallest absolute Gasteiger partial charge is 0.222 e. The Labute approximate surface area is 146 Å². The molecule has 2 heterocycles. The van der Waals surface area contributed by atoms with Crippen LogP contribution in [-0.4, -0.2) is 59.9 Å². The normalized spacial score (nSPS) is 27.5. The number of nitrogens with zero attached hydrogens (tertiary/aromatic N) is 1. The Bertz CT molecular complexity index is 409. The number of amides is 1. The van der Waals surface area contributed by atoms with Crippen molar-refractivity contribution in [3.8, 4) is 0 Å². The summed E-state index contributed by atoms with van der Waals surface area (Å²) in [5.41, 5.74) is -0.709. The summed E-state index contributed by atoms with van der Waals surface area (Å²) in [6, 6.07) is 0. The van der Waals surface area contributed by atoms with Gasteiger partial charge in [-0.1, -0.05) is 25.7 Å². The van der Waals surface area contributed by atoms with Gasteiger partial charge < -0.3 is 15.2 Å². The number of piperidine rings is 1. The number of likely N-dealkylation sites (tertiary alicyclic amines) is 1. The molecule has 1 amide bonds. The molecule has 2 aliphatic heterocycles. The van der Waals surface area contributed by atoms with E-state index in [9.17, 15) is 9.90 Å². The molecule has 2 saturated heterocycles. The second-order valence-electron chi connectivity index (χ2n) is 8.12. The van der Waals surface area contributed by atoms with Gasteiger partial charge in [0.15, 0.2) is 0 Å². The fourth-order valence-electron chi connectivity index (χ4n) is 4.74. The molecule has 0 aromatic carbocycles. The standard InChI is InChI=1S/C19H34N2O3/c22-17(15-19(23)7-3-1-4-8-19)20-16-18(9-13-24-14-10-18)21-11-5-2-6-12-21/h23H,1-16H2,(H,20,22). The van der Waals surface area contributed by atoms with Gasteiger partial charge >= 0.3 is 0 Å². The average Bonchev–Trinajstić information content (AvgIpc) is 2.62. The lowest BCUT2D eigenvalue weighted by atomic mass is 9.82. The fraction of sp³-hybridized carbons (Fsp3) is 0.947. The van der Waals surface area contributed by atoms with E-state index in [0.29, 0.717) is 6.54 Å². The maximum atomic E-state index is 12.5. The number of ether oxygens (including phenoxy) is 1. The average molecular weight is 338 g/mol. The van der Waals surface area contributed by atoms with Crippen molar-refractivity contribution in [2.24, 2.45) is 0 Å². The Hall–Kier alpha value is -0.650. The Morgan fingerprint density at radius 1 is 0.958 bits per heavy atom. The molecule has 0 atom stereocenters. The molecule has 0 aromatic rings. The summed E-state index contributed by atoms with van der Waals surface area (Å²) in [5.74, 6) is 0.0160. The van der Waals surface area contributed by atoms with Gasteiger partial charge in [0.05, 0.1) is 12.0 Å². The lowest BCUT2D eigenvalue weighted by Gasteiger charge is -2.48. The summed E-state index contributed by atoms with van der Waals surface area (Å²) < 4.78 is 5.58. The minimum Gasteiger partial charge on any atom is -0.389 e. The molecule has 1 saturated carbocycles. The van der Waals surface area contributed by atoms with Crippen LogP contribution in [0.15, 0.2) is 0 Å². The zero-order chi connectivity index (χ0) is 16.9. The molecule has 1 aliphatic carbocycles. The second kappa shape index (κ2) is 8.15. The number of carbonyl (C=O) groups is 1. The van der Waals surface area contributed by atoms with Gasteiger partial charge in [-0.3, -0.25) is 9.69 Å². The van der Waals surface area contributed by atoms with E-state index in [1.807, 2.05) is 0 Å². The van der Waals surface area contributed by atoms with Gasteiger partial charge in [0, 0.05) is 25.3 Å². The molecule has 3 aliphatic rings. The van der Waals surface area contributed by atoms with Crippen molar-refractivity contribution in [3.05, 3.63) is 0 Å². The van der Waals surface area contributed by atoms with Gasteiger partial charge in [0.1, 0.15) is 0 Å². The first-order valence-electron chi connectivity index (χ1n) is 9.94. The van der Waals surface area contributed by atoms with E-state index in [1.165, 1.54) is 25.7 Å². The van der Waals surface area contributed by atoms with Crippen molar-refractivity contribution in [1.82, 2.24) is 10.2 Å². The third-order valence-corrected chi connectivity index (χ3v) is 6.34. The van der Waals surface area contributed by atoms with Crippen LogP contribution in [0.3, 0.4) is 0 Å². The second-order valence-corrected chi connectivity index (χ2v) is 8.12. The van der Waals surface area contributed by atoms with Crippen LogP contribution in [0, 0.1) is 0 Å². The van der Waals surface area contributed by atoms with Crippen LogP contribution < -0.4 is 5.32 Å². The van der Waals surface area contributed by atoms with Crippen molar-refractivity contribution in [1.29, 1.82) is 0 Å². The molecular formula is C19H34N2O3. The summed E-state index contributed by atoms with van der Waals surface area (Å²) in [6.45, 7) is 4.55. The molecule has 24 heavy (non-hydrogen) atoms. The molecule has 0 unspecified atom stereocenters. The monoisotopic (exact) mass is 338 g/mol. The molecular weight excluding hydrogens is 304 g/mol. The lowest BCUT2D eigenvalue weighted by molar-refractivity contribution is -0.129. The van der Waals surface area contributed by atoms with Gasteiger partial charge in [-0.25, -0.2) is 0 Å². The molecule has 2 N–H and O–H groups in total. The molecule has 0 aromatic heterocycles. The quantitative estimate of drug-likeness (QED) is 0.807. The van der Waals surface area contributed by atoms with Gasteiger partial charge in [-0.15, -0.1) is 0 Å². The Morgan fingerprint density at radius 2 is 1.58 bits per heavy atom. The Morgan fingerprint density at radius 3 is 2.25 bits per heavy atom. The molecule has 138 valence electrons. The molecule has 0 bridgehead atoms. The zero-order valence-electron chi connectivity index (χ0n) is 15.0. The van der Waals surface area contributed by atoms with Crippen molar-refractivity contribution >= 4 is 5.91 Å². The van der Waals surface area contributed by atoms with Crippen LogP contribution >= 0.6 is 0 Å². The van der Waals surface area contributed by atoms with Gasteiger partial charge in [0.2, 0.25) is 5.91 Å². The minimum absolute atomic E-state index is 0.0160. The zero-order valence-corrected chi connectivity index (χ0v) is 15.0. The SMILES string of the molecule is O=C(CC1(O)CCCCC1)NCC1(N2CCCCC2)CCOCC1. The van der Waals surface area contributed by atoms with Crippen LogP contribution in [0.1, 0.15) is 70.6 Å². The first-order chi connectivity index (χ1) is 11.6. The Kier molecular flexibility index (Phi) is 6.17. The summed E-state index contributed by atoms with van der Waals surface area (Å²) in [4.78, 5) is 15.1. The maximum absolute atomic E-state index is 12.5. The van der Waals surface area contributed by atoms with E-state index in [0.717, 1.165) is 64.8 Å². The first-order valence-corrected chi connectivity index (χ1v) is 9.94. The van der Waals surface area contributed by atoms with Gasteiger partial charge in [-0.05, 0) is 51.6 Å². The largest absolute Gasteiger partial charge is 0.389 e. The predicted molar refractivity (Wildman–Crippen MR) is 93.9 cm³/mol.